The number of ether oxygens (including phenoxy) is 1. The van der Waals surface area contributed by atoms with E-state index < -0.39 is 33.4 Å². The number of hydrogen-bond acceptors (Lipinski definition) is 7. The van der Waals surface area contributed by atoms with E-state index in [-0.39, 0.29) is 36.0 Å². The van der Waals surface area contributed by atoms with Gasteiger partial charge in [0.1, 0.15) is 24.0 Å². The van der Waals surface area contributed by atoms with Crippen molar-refractivity contribution in [1.82, 2.24) is 10.2 Å². The van der Waals surface area contributed by atoms with E-state index in [2.05, 4.69) is 5.32 Å². The lowest BCUT2D eigenvalue weighted by Gasteiger charge is -2.33. The number of carbonyl (C=O) groups is 2. The molecule has 0 aliphatic carbocycles. The molecule has 0 aromatic heterocycles. The third-order valence-corrected chi connectivity index (χ3v) is 7.46. The maximum absolute atomic E-state index is 14.1. The number of benzene rings is 3. The number of sulfonamides is 1. The van der Waals surface area contributed by atoms with E-state index in [1.165, 1.54) is 24.1 Å². The van der Waals surface area contributed by atoms with Crippen LogP contribution in [0.15, 0.2) is 78.9 Å². The van der Waals surface area contributed by atoms with E-state index in [9.17, 15) is 28.1 Å². The molecule has 11 nitrogen and oxygen atoms in total. The standard InChI is InChI=1S/C29H34N4O7S/c1-4-17-30-29(35)26(18-22-11-7-5-8-12-22)31(20-23-13-9-6-10-14-23)28(34)21-32(41(3,38)39)25-19-24(33(36)37)15-16-27(25)40-2/h5-16,19,26H,4,17-18,20-21H2,1-3H3,(H,30,35)/t26-/m0/s1. The molecule has 0 spiro atoms. The lowest BCUT2D eigenvalue weighted by atomic mass is 10.0. The second kappa shape index (κ2) is 14.3. The number of hydrogen-bond donors (Lipinski definition) is 1. The molecular formula is C29H34N4O7S. The molecule has 1 atom stereocenters. The van der Waals surface area contributed by atoms with E-state index in [0.717, 1.165) is 27.8 Å². The Morgan fingerprint density at radius 3 is 2.15 bits per heavy atom. The predicted molar refractivity (Wildman–Crippen MR) is 156 cm³/mol. The summed E-state index contributed by atoms with van der Waals surface area (Å²) in [6.45, 7) is 1.63. The molecule has 0 heterocycles. The number of non-ortho nitro benzene ring substituents is 1. The van der Waals surface area contributed by atoms with Crippen LogP contribution in [-0.2, 0) is 32.6 Å². The smallest absolute Gasteiger partial charge is 0.271 e. The quantitative estimate of drug-likeness (QED) is 0.227. The van der Waals surface area contributed by atoms with Gasteiger partial charge >= 0.3 is 0 Å². The molecule has 0 saturated carbocycles. The molecule has 0 aliphatic rings. The molecule has 0 radical (unpaired) electrons. The number of nitrogens with one attached hydrogen (secondary N) is 1. The molecule has 0 saturated heterocycles. The van der Waals surface area contributed by atoms with Gasteiger partial charge in [-0.05, 0) is 23.6 Å². The largest absolute Gasteiger partial charge is 0.495 e. The number of rotatable bonds is 14. The van der Waals surface area contributed by atoms with Gasteiger partial charge in [-0.2, -0.15) is 0 Å². The Balaban J connectivity index is 2.09. The molecule has 12 heteroatoms. The summed E-state index contributed by atoms with van der Waals surface area (Å²) in [5.41, 5.74) is 1.02. The second-order valence-electron chi connectivity index (χ2n) is 9.39. The minimum atomic E-state index is -4.13. The fraction of sp³-hybridized carbons (Fsp3) is 0.310. The van der Waals surface area contributed by atoms with Crippen LogP contribution in [0.2, 0.25) is 0 Å². The summed E-state index contributed by atoms with van der Waals surface area (Å²) in [4.78, 5) is 39.7. The lowest BCUT2D eigenvalue weighted by Crippen LogP contribution is -2.53. The summed E-state index contributed by atoms with van der Waals surface area (Å²) in [7, 11) is -2.84. The minimum Gasteiger partial charge on any atom is -0.495 e. The van der Waals surface area contributed by atoms with E-state index in [0.29, 0.717) is 13.0 Å². The number of nitrogens with zero attached hydrogens (tertiary/aromatic N) is 3. The summed E-state index contributed by atoms with van der Waals surface area (Å²) < 4.78 is 32.0. The molecule has 0 unspecified atom stereocenters. The van der Waals surface area contributed by atoms with Crippen molar-refractivity contribution in [3.8, 4) is 5.75 Å². The van der Waals surface area contributed by atoms with Crippen molar-refractivity contribution < 1.29 is 27.7 Å². The molecule has 0 fully saturated rings. The third-order valence-electron chi connectivity index (χ3n) is 6.34. The highest BCUT2D eigenvalue weighted by Gasteiger charge is 2.34. The summed E-state index contributed by atoms with van der Waals surface area (Å²) in [5, 5.41) is 14.3. The number of nitro benzene ring substituents is 1. The SMILES string of the molecule is CCCNC(=O)[C@H](Cc1ccccc1)N(Cc1ccccc1)C(=O)CN(c1cc([N+](=O)[O-])ccc1OC)S(C)(=O)=O. The van der Waals surface area contributed by atoms with Crippen molar-refractivity contribution in [2.75, 3.05) is 30.8 Å². The second-order valence-corrected chi connectivity index (χ2v) is 11.3. The van der Waals surface area contributed by atoms with E-state index in [1.54, 1.807) is 12.1 Å². The summed E-state index contributed by atoms with van der Waals surface area (Å²) in [5.74, 6) is -1.01. The molecule has 3 rings (SSSR count). The molecule has 218 valence electrons. The summed E-state index contributed by atoms with van der Waals surface area (Å²) in [6, 6.07) is 20.8. The highest BCUT2D eigenvalue weighted by Crippen LogP contribution is 2.34. The van der Waals surface area contributed by atoms with Crippen LogP contribution >= 0.6 is 0 Å². The molecular weight excluding hydrogens is 548 g/mol. The molecule has 3 aromatic rings. The molecule has 0 aliphatic heterocycles. The van der Waals surface area contributed by atoms with Gasteiger partial charge in [-0.25, -0.2) is 8.42 Å². The molecule has 0 bridgehead atoms. The monoisotopic (exact) mass is 582 g/mol. The van der Waals surface area contributed by atoms with Gasteiger partial charge in [-0.1, -0.05) is 67.6 Å². The van der Waals surface area contributed by atoms with Crippen LogP contribution in [-0.4, -0.2) is 62.6 Å². The van der Waals surface area contributed by atoms with Gasteiger partial charge in [-0.15, -0.1) is 0 Å². The topological polar surface area (TPSA) is 139 Å². The van der Waals surface area contributed by atoms with Gasteiger partial charge in [0.25, 0.3) is 5.69 Å². The highest BCUT2D eigenvalue weighted by atomic mass is 32.2. The van der Waals surface area contributed by atoms with Crippen LogP contribution < -0.4 is 14.4 Å². The Bertz CT molecular complexity index is 1450. The van der Waals surface area contributed by atoms with Crippen molar-refractivity contribution in [3.63, 3.8) is 0 Å². The average Bonchev–Trinajstić information content (AvgIpc) is 2.96. The van der Waals surface area contributed by atoms with Crippen LogP contribution in [0.5, 0.6) is 5.75 Å². The average molecular weight is 583 g/mol. The Hall–Kier alpha value is -4.45. The maximum atomic E-state index is 14.1. The number of methoxy groups -OCH3 is 1. The van der Waals surface area contributed by atoms with Gasteiger partial charge in [-0.3, -0.25) is 24.0 Å². The van der Waals surface area contributed by atoms with Gasteiger partial charge in [0, 0.05) is 31.6 Å². The van der Waals surface area contributed by atoms with E-state index in [4.69, 9.17) is 4.74 Å². The summed E-state index contributed by atoms with van der Waals surface area (Å²) in [6.07, 6.45) is 1.77. The summed E-state index contributed by atoms with van der Waals surface area (Å²) >= 11 is 0. The zero-order valence-corrected chi connectivity index (χ0v) is 24.0. The molecule has 2 amide bonds. The fourth-order valence-corrected chi connectivity index (χ4v) is 5.13. The molecule has 1 N–H and O–H groups in total. The van der Waals surface area contributed by atoms with E-state index in [1.807, 2.05) is 55.5 Å². The first-order chi connectivity index (χ1) is 19.5. The van der Waals surface area contributed by atoms with Crippen LogP contribution in [0.25, 0.3) is 0 Å². The maximum Gasteiger partial charge on any atom is 0.271 e. The Labute approximate surface area is 239 Å². The predicted octanol–water partition coefficient (Wildman–Crippen LogP) is 3.54. The number of carbonyl (C=O) groups excluding carboxylic acids is 2. The van der Waals surface area contributed by atoms with Crippen LogP contribution in [0.3, 0.4) is 0 Å². The zero-order chi connectivity index (χ0) is 30.0. The van der Waals surface area contributed by atoms with Crippen molar-refractivity contribution in [2.24, 2.45) is 0 Å². The first-order valence-corrected chi connectivity index (χ1v) is 14.8. The van der Waals surface area contributed by atoms with Crippen LogP contribution in [0.4, 0.5) is 11.4 Å². The highest BCUT2D eigenvalue weighted by molar-refractivity contribution is 7.92. The Kier molecular flexibility index (Phi) is 10.8. The number of anilines is 1. The lowest BCUT2D eigenvalue weighted by molar-refractivity contribution is -0.384. The van der Waals surface area contributed by atoms with Crippen molar-refractivity contribution >= 4 is 33.2 Å². The van der Waals surface area contributed by atoms with E-state index >= 15 is 0 Å². The van der Waals surface area contributed by atoms with Crippen molar-refractivity contribution in [2.45, 2.75) is 32.4 Å². The van der Waals surface area contributed by atoms with Gasteiger partial charge in [0.2, 0.25) is 21.8 Å². The molecule has 41 heavy (non-hydrogen) atoms. The molecule has 3 aromatic carbocycles. The van der Waals surface area contributed by atoms with Crippen molar-refractivity contribution in [3.05, 3.63) is 100 Å². The van der Waals surface area contributed by atoms with Gasteiger partial charge in [0.15, 0.2) is 0 Å². The fourth-order valence-electron chi connectivity index (χ4n) is 4.28. The van der Waals surface area contributed by atoms with Crippen molar-refractivity contribution in [1.29, 1.82) is 0 Å². The third kappa shape index (κ3) is 8.52. The number of nitro groups is 1. The zero-order valence-electron chi connectivity index (χ0n) is 23.2. The minimum absolute atomic E-state index is 0.0282. The normalized spacial score (nSPS) is 11.8. The number of amides is 2. The first kappa shape index (κ1) is 31.1. The van der Waals surface area contributed by atoms with Gasteiger partial charge in [0.05, 0.1) is 18.3 Å². The first-order valence-electron chi connectivity index (χ1n) is 13.0. The Morgan fingerprint density at radius 1 is 1.00 bits per heavy atom. The van der Waals surface area contributed by atoms with Gasteiger partial charge < -0.3 is 15.0 Å². The van der Waals surface area contributed by atoms with Crippen LogP contribution in [0, 0.1) is 10.1 Å². The van der Waals surface area contributed by atoms with Crippen LogP contribution in [0.1, 0.15) is 24.5 Å². The Morgan fingerprint density at radius 2 is 1.61 bits per heavy atom.